The van der Waals surface area contributed by atoms with E-state index in [1.54, 1.807) is 32.1 Å². The second-order valence-corrected chi connectivity index (χ2v) is 7.48. The number of carbonyl (C=O) groups is 1. The molecule has 0 aliphatic rings. The van der Waals surface area contributed by atoms with E-state index in [-0.39, 0.29) is 29.9 Å². The molecule has 1 amide bonds. The highest BCUT2D eigenvalue weighted by atomic mass is 127. The van der Waals surface area contributed by atoms with E-state index >= 15 is 0 Å². The van der Waals surface area contributed by atoms with Gasteiger partial charge in [-0.15, -0.1) is 24.0 Å². The van der Waals surface area contributed by atoms with E-state index in [1.165, 1.54) is 0 Å². The fraction of sp³-hybridized carbons (Fsp3) is 0.333. The molecule has 0 bridgehead atoms. The van der Waals surface area contributed by atoms with Crippen molar-refractivity contribution in [2.45, 2.75) is 12.8 Å². The summed E-state index contributed by atoms with van der Waals surface area (Å²) >= 11 is 12.1. The van der Waals surface area contributed by atoms with E-state index in [0.717, 1.165) is 29.9 Å². The summed E-state index contributed by atoms with van der Waals surface area (Å²) in [5.74, 6) is 0.738. The third-order valence-electron chi connectivity index (χ3n) is 4.14. The van der Waals surface area contributed by atoms with Crippen LogP contribution in [0, 0.1) is 0 Å². The molecule has 29 heavy (non-hydrogen) atoms. The summed E-state index contributed by atoms with van der Waals surface area (Å²) < 4.78 is 0. The van der Waals surface area contributed by atoms with Gasteiger partial charge in [-0.2, -0.15) is 0 Å². The van der Waals surface area contributed by atoms with Crippen LogP contribution < -0.4 is 10.6 Å². The molecule has 2 aromatic rings. The molecular formula is C21H27Cl2IN4O. The van der Waals surface area contributed by atoms with Gasteiger partial charge in [-0.25, -0.2) is 0 Å². The third-order valence-corrected chi connectivity index (χ3v) is 4.57. The van der Waals surface area contributed by atoms with Crippen molar-refractivity contribution in [1.29, 1.82) is 0 Å². The minimum absolute atomic E-state index is 0. The van der Waals surface area contributed by atoms with Crippen LogP contribution in [0.3, 0.4) is 0 Å². The standard InChI is InChI=1S/C21H26Cl2N4O.HI/c1-24-21(26-10-8-16-12-18(22)14-19(23)13-16)25-9-7-15-5-4-6-17(11-15)20(28)27(2)3;/h4-6,11-14H,7-10H2,1-3H3,(H2,24,25,26);1H. The zero-order valence-corrected chi connectivity index (χ0v) is 20.7. The summed E-state index contributed by atoms with van der Waals surface area (Å²) in [4.78, 5) is 17.9. The van der Waals surface area contributed by atoms with Gasteiger partial charge in [0.1, 0.15) is 0 Å². The lowest BCUT2D eigenvalue weighted by atomic mass is 10.1. The van der Waals surface area contributed by atoms with Crippen molar-refractivity contribution in [3.8, 4) is 0 Å². The summed E-state index contributed by atoms with van der Waals surface area (Å²) in [5.41, 5.74) is 2.87. The van der Waals surface area contributed by atoms with Crippen LogP contribution in [-0.2, 0) is 12.8 Å². The third kappa shape index (κ3) is 8.80. The minimum atomic E-state index is 0. The summed E-state index contributed by atoms with van der Waals surface area (Å²) in [5, 5.41) is 7.85. The molecule has 0 aliphatic heterocycles. The Kier molecular flexibility index (Phi) is 11.4. The van der Waals surface area contributed by atoms with E-state index in [4.69, 9.17) is 23.2 Å². The highest BCUT2D eigenvalue weighted by Gasteiger charge is 2.08. The maximum absolute atomic E-state index is 12.1. The number of halogens is 3. The molecule has 0 aromatic heterocycles. The van der Waals surface area contributed by atoms with Gasteiger partial charge in [-0.05, 0) is 54.3 Å². The second-order valence-electron chi connectivity index (χ2n) is 6.60. The molecule has 0 saturated heterocycles. The number of guanidine groups is 1. The Balaban J connectivity index is 0.00000420. The minimum Gasteiger partial charge on any atom is -0.356 e. The van der Waals surface area contributed by atoms with Gasteiger partial charge in [0.05, 0.1) is 0 Å². The first kappa shape index (κ1) is 25.5. The molecule has 0 fully saturated rings. The summed E-state index contributed by atoms with van der Waals surface area (Å²) in [6.45, 7) is 1.42. The predicted octanol–water partition coefficient (Wildman–Crippen LogP) is 4.26. The quantitative estimate of drug-likeness (QED) is 0.309. The lowest BCUT2D eigenvalue weighted by Crippen LogP contribution is -2.39. The smallest absolute Gasteiger partial charge is 0.253 e. The average molecular weight is 549 g/mol. The zero-order chi connectivity index (χ0) is 20.5. The Hall–Kier alpha value is -1.51. The Morgan fingerprint density at radius 2 is 1.55 bits per heavy atom. The topological polar surface area (TPSA) is 56.7 Å². The van der Waals surface area contributed by atoms with Gasteiger partial charge in [0.15, 0.2) is 5.96 Å². The molecule has 8 heteroatoms. The molecular weight excluding hydrogens is 522 g/mol. The molecule has 2 rings (SSSR count). The van der Waals surface area contributed by atoms with Gasteiger partial charge in [-0.1, -0.05) is 35.3 Å². The molecule has 0 atom stereocenters. The van der Waals surface area contributed by atoms with Gasteiger partial charge < -0.3 is 15.5 Å². The van der Waals surface area contributed by atoms with Crippen molar-refractivity contribution >= 4 is 59.0 Å². The number of nitrogens with zero attached hydrogens (tertiary/aromatic N) is 2. The van der Waals surface area contributed by atoms with E-state index in [9.17, 15) is 4.79 Å². The molecule has 5 nitrogen and oxygen atoms in total. The number of amides is 1. The summed E-state index contributed by atoms with van der Waals surface area (Å²) in [7, 11) is 5.25. The second kappa shape index (κ2) is 12.9. The first-order valence-corrected chi connectivity index (χ1v) is 9.84. The van der Waals surface area contributed by atoms with Crippen LogP contribution in [0.5, 0.6) is 0 Å². The maximum atomic E-state index is 12.1. The van der Waals surface area contributed by atoms with Gasteiger partial charge in [0.25, 0.3) is 5.91 Å². The monoisotopic (exact) mass is 548 g/mol. The number of benzene rings is 2. The zero-order valence-electron chi connectivity index (χ0n) is 16.8. The van der Waals surface area contributed by atoms with Crippen molar-refractivity contribution in [2.24, 2.45) is 4.99 Å². The Labute approximate surface area is 199 Å². The number of aliphatic imine (C=N–C) groups is 1. The van der Waals surface area contributed by atoms with Gasteiger partial charge in [0, 0.05) is 49.8 Å². The number of nitrogens with one attached hydrogen (secondary N) is 2. The van der Waals surface area contributed by atoms with Crippen LogP contribution in [0.1, 0.15) is 21.5 Å². The number of hydrogen-bond acceptors (Lipinski definition) is 2. The normalized spacial score (nSPS) is 10.9. The van der Waals surface area contributed by atoms with Gasteiger partial charge in [0.2, 0.25) is 0 Å². The van der Waals surface area contributed by atoms with Crippen molar-refractivity contribution in [3.63, 3.8) is 0 Å². The van der Waals surface area contributed by atoms with Crippen LogP contribution >= 0.6 is 47.2 Å². The largest absolute Gasteiger partial charge is 0.356 e. The molecule has 0 aliphatic carbocycles. The Morgan fingerprint density at radius 1 is 0.966 bits per heavy atom. The van der Waals surface area contributed by atoms with Crippen molar-refractivity contribution in [3.05, 3.63) is 69.2 Å². The Bertz CT molecular complexity index is 823. The molecule has 0 spiro atoms. The van der Waals surface area contributed by atoms with E-state index in [0.29, 0.717) is 28.7 Å². The fourth-order valence-corrected chi connectivity index (χ4v) is 3.32. The van der Waals surface area contributed by atoms with Crippen molar-refractivity contribution in [2.75, 3.05) is 34.2 Å². The van der Waals surface area contributed by atoms with Crippen molar-refractivity contribution < 1.29 is 4.79 Å². The number of hydrogen-bond donors (Lipinski definition) is 2. The molecule has 0 unspecified atom stereocenters. The molecule has 2 N–H and O–H groups in total. The Morgan fingerprint density at radius 3 is 2.10 bits per heavy atom. The first-order valence-electron chi connectivity index (χ1n) is 9.09. The fourth-order valence-electron chi connectivity index (χ4n) is 2.74. The lowest BCUT2D eigenvalue weighted by molar-refractivity contribution is 0.0827. The predicted molar refractivity (Wildman–Crippen MR) is 133 cm³/mol. The first-order chi connectivity index (χ1) is 13.4. The van der Waals surface area contributed by atoms with Crippen molar-refractivity contribution in [1.82, 2.24) is 15.5 Å². The molecule has 0 radical (unpaired) electrons. The summed E-state index contributed by atoms with van der Waals surface area (Å²) in [6, 6.07) is 13.2. The highest BCUT2D eigenvalue weighted by molar-refractivity contribution is 14.0. The average Bonchev–Trinajstić information content (AvgIpc) is 2.65. The van der Waals surface area contributed by atoms with E-state index in [1.807, 2.05) is 36.4 Å². The van der Waals surface area contributed by atoms with Crippen LogP contribution in [0.15, 0.2) is 47.5 Å². The molecule has 158 valence electrons. The van der Waals surface area contributed by atoms with Crippen LogP contribution in [0.25, 0.3) is 0 Å². The van der Waals surface area contributed by atoms with Crippen LogP contribution in [-0.4, -0.2) is 51.0 Å². The molecule has 2 aromatic carbocycles. The van der Waals surface area contributed by atoms with Crippen LogP contribution in [0.2, 0.25) is 10.0 Å². The summed E-state index contributed by atoms with van der Waals surface area (Å²) in [6.07, 6.45) is 1.58. The van der Waals surface area contributed by atoms with Crippen LogP contribution in [0.4, 0.5) is 0 Å². The maximum Gasteiger partial charge on any atom is 0.253 e. The molecule has 0 heterocycles. The van der Waals surface area contributed by atoms with E-state index < -0.39 is 0 Å². The SMILES string of the molecule is CN=C(NCCc1cc(Cl)cc(Cl)c1)NCCc1cccc(C(=O)N(C)C)c1.I. The molecule has 0 saturated carbocycles. The van der Waals surface area contributed by atoms with Gasteiger partial charge in [-0.3, -0.25) is 9.79 Å². The highest BCUT2D eigenvalue weighted by Crippen LogP contribution is 2.19. The lowest BCUT2D eigenvalue weighted by Gasteiger charge is -2.13. The number of carbonyl (C=O) groups excluding carboxylic acids is 1. The van der Waals surface area contributed by atoms with E-state index in [2.05, 4.69) is 15.6 Å². The van der Waals surface area contributed by atoms with Gasteiger partial charge >= 0.3 is 0 Å². The number of rotatable bonds is 7.